The van der Waals surface area contributed by atoms with Gasteiger partial charge in [-0.3, -0.25) is 4.79 Å². The van der Waals surface area contributed by atoms with Gasteiger partial charge < -0.3 is 19.3 Å². The molecule has 2 N–H and O–H groups in total. The molecule has 0 unspecified atom stereocenters. The number of aliphatic carboxylic acids is 1. The Labute approximate surface area is 180 Å². The van der Waals surface area contributed by atoms with Gasteiger partial charge in [-0.1, -0.05) is 19.8 Å². The van der Waals surface area contributed by atoms with E-state index in [0.29, 0.717) is 29.6 Å². The van der Waals surface area contributed by atoms with E-state index < -0.39 is 23.5 Å². The van der Waals surface area contributed by atoms with E-state index in [4.69, 9.17) is 8.83 Å². The maximum atomic E-state index is 12.7. The highest BCUT2D eigenvalue weighted by molar-refractivity contribution is 6.00. The van der Waals surface area contributed by atoms with Gasteiger partial charge >= 0.3 is 11.6 Å². The monoisotopic (exact) mass is 427 g/mol. The summed E-state index contributed by atoms with van der Waals surface area (Å²) in [6, 6.07) is 1.06. The molecule has 3 rings (SSSR count). The van der Waals surface area contributed by atoms with Gasteiger partial charge in [0.05, 0.1) is 0 Å². The summed E-state index contributed by atoms with van der Waals surface area (Å²) >= 11 is 0. The van der Waals surface area contributed by atoms with Crippen molar-refractivity contribution in [2.45, 2.75) is 72.8 Å². The van der Waals surface area contributed by atoms with Crippen LogP contribution in [0.1, 0.15) is 60.6 Å². The highest BCUT2D eigenvalue weighted by Gasteiger charge is 2.21. The van der Waals surface area contributed by atoms with Gasteiger partial charge in [0.2, 0.25) is 5.91 Å². The molecule has 166 valence electrons. The molecule has 0 radical (unpaired) electrons. The second-order valence-corrected chi connectivity index (χ2v) is 8.13. The van der Waals surface area contributed by atoms with E-state index in [1.807, 2.05) is 40.7 Å². The molecule has 1 amide bonds. The van der Waals surface area contributed by atoms with E-state index in [9.17, 15) is 19.5 Å². The topological polar surface area (TPSA) is 110 Å². The highest BCUT2D eigenvalue weighted by atomic mass is 16.4. The van der Waals surface area contributed by atoms with Gasteiger partial charge in [0, 0.05) is 28.3 Å². The molecule has 0 spiro atoms. The van der Waals surface area contributed by atoms with Crippen molar-refractivity contribution >= 4 is 33.8 Å². The number of hydrogen-bond acceptors (Lipinski definition) is 5. The number of benzene rings is 1. The summed E-state index contributed by atoms with van der Waals surface area (Å²) in [7, 11) is 0. The van der Waals surface area contributed by atoms with Gasteiger partial charge in [0.15, 0.2) is 0 Å². The van der Waals surface area contributed by atoms with Crippen LogP contribution < -0.4 is 10.9 Å². The van der Waals surface area contributed by atoms with Crippen LogP contribution >= 0.6 is 0 Å². The van der Waals surface area contributed by atoms with Crippen molar-refractivity contribution < 1.29 is 23.5 Å². The maximum Gasteiger partial charge on any atom is 0.339 e. The number of amides is 1. The Morgan fingerprint density at radius 3 is 2.32 bits per heavy atom. The van der Waals surface area contributed by atoms with Crippen molar-refractivity contribution in [3.05, 3.63) is 44.5 Å². The molecular weight excluding hydrogens is 398 g/mol. The Hall–Kier alpha value is -3.09. The van der Waals surface area contributed by atoms with Gasteiger partial charge in [-0.15, -0.1) is 0 Å². The van der Waals surface area contributed by atoms with E-state index in [2.05, 4.69) is 5.32 Å². The van der Waals surface area contributed by atoms with Crippen LogP contribution in [0.15, 0.2) is 19.7 Å². The van der Waals surface area contributed by atoms with Gasteiger partial charge in [0.1, 0.15) is 23.0 Å². The van der Waals surface area contributed by atoms with Crippen LogP contribution in [-0.4, -0.2) is 23.0 Å². The Kier molecular flexibility index (Phi) is 6.53. The zero-order valence-electron chi connectivity index (χ0n) is 18.7. The second-order valence-electron chi connectivity index (χ2n) is 8.13. The third-order valence-corrected chi connectivity index (χ3v) is 6.03. The largest absolute Gasteiger partial charge is 0.480 e. The van der Waals surface area contributed by atoms with Crippen LogP contribution in [0, 0.1) is 27.7 Å². The Morgan fingerprint density at radius 1 is 1.03 bits per heavy atom. The van der Waals surface area contributed by atoms with Crippen molar-refractivity contribution in [1.29, 1.82) is 0 Å². The SMILES string of the molecule is CCCC[C@@H](NC(=O)CCc1c(C)c2cc3c(C)c(C)oc3c(C)c2oc1=O)C(=O)O. The summed E-state index contributed by atoms with van der Waals surface area (Å²) in [6.07, 6.45) is 2.13. The lowest BCUT2D eigenvalue weighted by molar-refractivity contribution is -0.142. The predicted octanol–water partition coefficient (Wildman–Crippen LogP) is 4.47. The van der Waals surface area contributed by atoms with E-state index in [1.54, 1.807) is 0 Å². The number of fused-ring (bicyclic) bond motifs is 2. The summed E-state index contributed by atoms with van der Waals surface area (Å²) in [5.41, 5.74) is 3.72. The molecule has 0 saturated carbocycles. The first-order chi connectivity index (χ1) is 14.6. The average Bonchev–Trinajstić information content (AvgIpc) is 3.00. The lowest BCUT2D eigenvalue weighted by Gasteiger charge is -2.14. The number of rotatable bonds is 8. The van der Waals surface area contributed by atoms with Gasteiger partial charge in [-0.05, 0) is 57.7 Å². The molecule has 2 aromatic heterocycles. The molecule has 0 aliphatic rings. The lowest BCUT2D eigenvalue weighted by atomic mass is 9.98. The standard InChI is InChI=1S/C24H29NO6/c1-6-7-8-19(23(27)28)25-20(26)10-9-16-13(3)18-11-17-12(2)15(5)30-21(17)14(4)22(18)31-24(16)29/h11,19H,6-10H2,1-5H3,(H,25,26)(H,27,28)/t19-/m1/s1. The minimum atomic E-state index is -1.05. The molecule has 31 heavy (non-hydrogen) atoms. The average molecular weight is 427 g/mol. The van der Waals surface area contributed by atoms with Crippen LogP contribution in [0.5, 0.6) is 0 Å². The molecule has 0 saturated heterocycles. The zero-order chi connectivity index (χ0) is 22.9. The molecule has 0 aliphatic carbocycles. The summed E-state index contributed by atoms with van der Waals surface area (Å²) in [6.45, 7) is 9.57. The number of nitrogens with one attached hydrogen (secondary N) is 1. The van der Waals surface area contributed by atoms with E-state index in [0.717, 1.165) is 39.6 Å². The van der Waals surface area contributed by atoms with Gasteiger partial charge in [-0.2, -0.15) is 0 Å². The van der Waals surface area contributed by atoms with Crippen molar-refractivity contribution in [1.82, 2.24) is 5.32 Å². The van der Waals surface area contributed by atoms with Crippen molar-refractivity contribution in [2.24, 2.45) is 0 Å². The van der Waals surface area contributed by atoms with Crippen molar-refractivity contribution in [2.75, 3.05) is 0 Å². The van der Waals surface area contributed by atoms with Crippen LogP contribution in [0.4, 0.5) is 0 Å². The van der Waals surface area contributed by atoms with Crippen molar-refractivity contribution in [3.63, 3.8) is 0 Å². The quantitative estimate of drug-likeness (QED) is 0.514. The number of carboxylic acids is 1. The molecule has 0 aliphatic heterocycles. The van der Waals surface area contributed by atoms with Gasteiger partial charge in [-0.25, -0.2) is 9.59 Å². The predicted molar refractivity (Wildman–Crippen MR) is 119 cm³/mol. The summed E-state index contributed by atoms with van der Waals surface area (Å²) in [5.74, 6) is -0.620. The Morgan fingerprint density at radius 2 is 1.68 bits per heavy atom. The zero-order valence-corrected chi connectivity index (χ0v) is 18.7. The normalized spacial score (nSPS) is 12.4. The minimum Gasteiger partial charge on any atom is -0.480 e. The number of hydrogen-bond donors (Lipinski definition) is 2. The summed E-state index contributed by atoms with van der Waals surface area (Å²) in [4.78, 5) is 36.4. The molecule has 1 aromatic carbocycles. The molecule has 0 bridgehead atoms. The molecule has 0 fully saturated rings. The summed E-state index contributed by atoms with van der Waals surface area (Å²) in [5, 5.41) is 13.6. The first-order valence-electron chi connectivity index (χ1n) is 10.6. The number of carboxylic acid groups (broad SMARTS) is 1. The fourth-order valence-corrected chi connectivity index (χ4v) is 3.95. The number of unbranched alkanes of at least 4 members (excludes halogenated alkanes) is 1. The lowest BCUT2D eigenvalue weighted by Crippen LogP contribution is -2.40. The van der Waals surface area contributed by atoms with Crippen molar-refractivity contribution in [3.8, 4) is 0 Å². The van der Waals surface area contributed by atoms with Crippen LogP contribution in [-0.2, 0) is 16.0 Å². The first-order valence-corrected chi connectivity index (χ1v) is 10.6. The van der Waals surface area contributed by atoms with Gasteiger partial charge in [0.25, 0.3) is 0 Å². The van der Waals surface area contributed by atoms with Crippen LogP contribution in [0.2, 0.25) is 0 Å². The first kappa shape index (κ1) is 22.6. The number of aryl methyl sites for hydroxylation is 4. The third kappa shape index (κ3) is 4.36. The molecular formula is C24H29NO6. The fraction of sp³-hybridized carbons (Fsp3) is 0.458. The molecule has 1 atom stereocenters. The molecule has 2 heterocycles. The molecule has 7 nitrogen and oxygen atoms in total. The maximum absolute atomic E-state index is 12.7. The second kappa shape index (κ2) is 8.96. The van der Waals surface area contributed by atoms with E-state index in [-0.39, 0.29) is 12.8 Å². The minimum absolute atomic E-state index is 0.0120. The van der Waals surface area contributed by atoms with Crippen LogP contribution in [0.25, 0.3) is 21.9 Å². The number of carbonyl (C=O) groups is 2. The molecule has 7 heteroatoms. The Balaban J connectivity index is 1.90. The molecule has 3 aromatic rings. The number of furan rings is 1. The Bertz CT molecular complexity index is 1220. The number of carbonyl (C=O) groups excluding carboxylic acids is 1. The summed E-state index contributed by atoms with van der Waals surface area (Å²) < 4.78 is 11.5. The fourth-order valence-electron chi connectivity index (χ4n) is 3.95. The third-order valence-electron chi connectivity index (χ3n) is 6.03. The smallest absolute Gasteiger partial charge is 0.339 e. The van der Waals surface area contributed by atoms with E-state index in [1.165, 1.54) is 0 Å². The van der Waals surface area contributed by atoms with E-state index >= 15 is 0 Å². The highest BCUT2D eigenvalue weighted by Crippen LogP contribution is 2.34. The van der Waals surface area contributed by atoms with Crippen LogP contribution in [0.3, 0.4) is 0 Å².